The van der Waals surface area contributed by atoms with Gasteiger partial charge in [0.1, 0.15) is 18.2 Å². The molecule has 1 N–H and O–H groups in total. The molecular weight excluding hydrogens is 381 g/mol. The third kappa shape index (κ3) is 4.06. The van der Waals surface area contributed by atoms with Crippen molar-refractivity contribution in [3.8, 4) is 16.9 Å². The van der Waals surface area contributed by atoms with E-state index in [1.54, 1.807) is 24.3 Å². The number of carbonyl (C=O) groups excluding carboxylic acids is 1. The lowest BCUT2D eigenvalue weighted by Crippen LogP contribution is -2.26. The molecule has 4 rings (SSSR count). The second kappa shape index (κ2) is 8.82. The maximum absolute atomic E-state index is 13.8. The minimum absolute atomic E-state index is 0.0181. The van der Waals surface area contributed by atoms with Crippen molar-refractivity contribution in [3.05, 3.63) is 95.3 Å². The Kier molecular flexibility index (Phi) is 5.80. The first kappa shape index (κ1) is 19.7. The van der Waals surface area contributed by atoms with Crippen LogP contribution < -0.4 is 10.1 Å². The molecule has 0 unspecified atom stereocenters. The Balaban J connectivity index is 1.34. The van der Waals surface area contributed by atoms with E-state index in [9.17, 15) is 9.18 Å². The zero-order valence-corrected chi connectivity index (χ0v) is 16.6. The molecule has 152 valence electrons. The number of methoxy groups -OCH3 is 1. The number of rotatable bonds is 6. The van der Waals surface area contributed by atoms with Gasteiger partial charge in [-0.05, 0) is 40.5 Å². The average molecular weight is 403 g/mol. The predicted molar refractivity (Wildman–Crippen MR) is 115 cm³/mol. The largest absolute Gasteiger partial charge is 0.497 e. The van der Waals surface area contributed by atoms with Crippen LogP contribution in [-0.2, 0) is 4.74 Å². The first-order chi connectivity index (χ1) is 14.7. The molecule has 1 aliphatic carbocycles. The lowest BCUT2D eigenvalue weighted by molar-refractivity contribution is 0.144. The summed E-state index contributed by atoms with van der Waals surface area (Å²) in [5.74, 6) is 0.235. The third-order valence-corrected chi connectivity index (χ3v) is 5.21. The maximum Gasteiger partial charge on any atom is 0.407 e. The monoisotopic (exact) mass is 403 g/mol. The van der Waals surface area contributed by atoms with Gasteiger partial charge in [0.15, 0.2) is 0 Å². The highest BCUT2D eigenvalue weighted by Gasteiger charge is 2.28. The topological polar surface area (TPSA) is 47.6 Å². The quantitative estimate of drug-likeness (QED) is 0.601. The van der Waals surface area contributed by atoms with Crippen molar-refractivity contribution in [2.45, 2.75) is 5.92 Å². The van der Waals surface area contributed by atoms with Crippen LogP contribution in [0.5, 0.6) is 5.75 Å². The van der Waals surface area contributed by atoms with Gasteiger partial charge in [-0.2, -0.15) is 0 Å². The Morgan fingerprint density at radius 2 is 1.70 bits per heavy atom. The Morgan fingerprint density at radius 1 is 1.03 bits per heavy atom. The Labute approximate surface area is 175 Å². The van der Waals surface area contributed by atoms with Gasteiger partial charge in [0, 0.05) is 18.0 Å². The summed E-state index contributed by atoms with van der Waals surface area (Å²) in [4.78, 5) is 12.1. The van der Waals surface area contributed by atoms with Crippen molar-refractivity contribution in [3.63, 3.8) is 0 Å². The van der Waals surface area contributed by atoms with Crippen LogP contribution in [0.1, 0.15) is 22.6 Å². The fraction of sp³-hybridized carbons (Fsp3) is 0.160. The van der Waals surface area contributed by atoms with Crippen LogP contribution >= 0.6 is 0 Å². The normalized spacial score (nSPS) is 12.5. The molecule has 0 fully saturated rings. The molecule has 3 aromatic carbocycles. The van der Waals surface area contributed by atoms with E-state index >= 15 is 0 Å². The first-order valence-corrected chi connectivity index (χ1v) is 9.76. The fourth-order valence-electron chi connectivity index (χ4n) is 3.75. The van der Waals surface area contributed by atoms with E-state index in [0.717, 1.165) is 0 Å². The minimum atomic E-state index is -0.507. The number of benzene rings is 3. The number of nitrogens with one attached hydrogen (secondary N) is 1. The van der Waals surface area contributed by atoms with Gasteiger partial charge in [-0.25, -0.2) is 9.18 Å². The molecule has 0 heterocycles. The number of fused-ring (bicyclic) bond motifs is 3. The second-order valence-corrected chi connectivity index (χ2v) is 7.00. The fourth-order valence-corrected chi connectivity index (χ4v) is 3.75. The summed E-state index contributed by atoms with van der Waals surface area (Å²) in [5.41, 5.74) is 5.10. The summed E-state index contributed by atoms with van der Waals surface area (Å²) < 4.78 is 24.4. The van der Waals surface area contributed by atoms with Gasteiger partial charge < -0.3 is 14.8 Å². The standard InChI is InChI=1S/C25H22FNO3/c1-29-18-12-13-24(26)17(15-18)7-6-14-27-25(28)30-16-23-21-10-4-2-8-19(21)20-9-3-5-11-22(20)23/h2-13,15,23H,14,16H2,1H3,(H,27,28). The van der Waals surface area contributed by atoms with E-state index < -0.39 is 6.09 Å². The molecule has 30 heavy (non-hydrogen) atoms. The zero-order chi connectivity index (χ0) is 20.9. The zero-order valence-electron chi connectivity index (χ0n) is 16.6. The molecular formula is C25H22FNO3. The van der Waals surface area contributed by atoms with Gasteiger partial charge in [-0.1, -0.05) is 60.7 Å². The molecule has 3 aromatic rings. The molecule has 0 saturated carbocycles. The smallest absolute Gasteiger partial charge is 0.407 e. The van der Waals surface area contributed by atoms with Crippen LogP contribution in [0.25, 0.3) is 17.2 Å². The van der Waals surface area contributed by atoms with Crippen LogP contribution in [0.2, 0.25) is 0 Å². The summed E-state index contributed by atoms with van der Waals surface area (Å²) in [5, 5.41) is 2.67. The van der Waals surface area contributed by atoms with Gasteiger partial charge in [0.2, 0.25) is 0 Å². The number of halogens is 1. The minimum Gasteiger partial charge on any atom is -0.497 e. The number of hydrogen-bond acceptors (Lipinski definition) is 3. The molecule has 0 saturated heterocycles. The van der Waals surface area contributed by atoms with Crippen LogP contribution in [0.3, 0.4) is 0 Å². The number of hydrogen-bond donors (Lipinski definition) is 1. The Morgan fingerprint density at radius 3 is 2.37 bits per heavy atom. The highest BCUT2D eigenvalue weighted by atomic mass is 19.1. The van der Waals surface area contributed by atoms with Crippen molar-refractivity contribution in [1.29, 1.82) is 0 Å². The van der Waals surface area contributed by atoms with Gasteiger partial charge in [0.25, 0.3) is 0 Å². The molecule has 0 bridgehead atoms. The van der Waals surface area contributed by atoms with Crippen molar-refractivity contribution >= 4 is 12.2 Å². The lowest BCUT2D eigenvalue weighted by Gasteiger charge is -2.14. The second-order valence-electron chi connectivity index (χ2n) is 7.00. The highest BCUT2D eigenvalue weighted by molar-refractivity contribution is 5.79. The van der Waals surface area contributed by atoms with Gasteiger partial charge in [-0.3, -0.25) is 0 Å². The van der Waals surface area contributed by atoms with Gasteiger partial charge >= 0.3 is 6.09 Å². The third-order valence-electron chi connectivity index (χ3n) is 5.21. The lowest BCUT2D eigenvalue weighted by atomic mass is 9.98. The SMILES string of the molecule is COc1ccc(F)c(C=CCNC(=O)OCC2c3ccccc3-c3ccccc32)c1. The predicted octanol–water partition coefficient (Wildman–Crippen LogP) is 5.39. The van der Waals surface area contributed by atoms with Gasteiger partial charge in [0.05, 0.1) is 7.11 Å². The van der Waals surface area contributed by atoms with E-state index in [-0.39, 0.29) is 24.9 Å². The Hall–Kier alpha value is -3.60. The average Bonchev–Trinajstić information content (AvgIpc) is 3.10. The molecule has 1 amide bonds. The number of ether oxygens (including phenoxy) is 2. The van der Waals surface area contributed by atoms with Crippen molar-refractivity contribution in [2.24, 2.45) is 0 Å². The molecule has 0 aliphatic heterocycles. The molecule has 0 atom stereocenters. The molecule has 0 spiro atoms. The van der Waals surface area contributed by atoms with E-state index in [0.29, 0.717) is 11.3 Å². The van der Waals surface area contributed by atoms with E-state index in [4.69, 9.17) is 9.47 Å². The van der Waals surface area contributed by atoms with Crippen molar-refractivity contribution in [2.75, 3.05) is 20.3 Å². The number of carbonyl (C=O) groups is 1. The molecule has 0 radical (unpaired) electrons. The molecule has 5 heteroatoms. The summed E-state index contributed by atoms with van der Waals surface area (Å²) in [6, 6.07) is 20.9. The van der Waals surface area contributed by atoms with Crippen molar-refractivity contribution in [1.82, 2.24) is 5.32 Å². The summed E-state index contributed by atoms with van der Waals surface area (Å²) in [6.07, 6.45) is 2.76. The maximum atomic E-state index is 13.8. The van der Waals surface area contributed by atoms with Crippen molar-refractivity contribution < 1.29 is 18.7 Å². The first-order valence-electron chi connectivity index (χ1n) is 9.76. The van der Waals surface area contributed by atoms with E-state index in [2.05, 4.69) is 29.6 Å². The van der Waals surface area contributed by atoms with Crippen LogP contribution in [0.15, 0.2) is 72.8 Å². The van der Waals surface area contributed by atoms with E-state index in [1.165, 1.54) is 35.4 Å². The summed E-state index contributed by atoms with van der Waals surface area (Å²) in [7, 11) is 1.53. The number of alkyl carbamates (subject to hydrolysis) is 1. The van der Waals surface area contributed by atoms with Crippen LogP contribution in [-0.4, -0.2) is 26.4 Å². The molecule has 1 aliphatic rings. The van der Waals surface area contributed by atoms with Gasteiger partial charge in [-0.15, -0.1) is 0 Å². The Bertz CT molecular complexity index is 1050. The highest BCUT2D eigenvalue weighted by Crippen LogP contribution is 2.44. The summed E-state index contributed by atoms with van der Waals surface area (Å²) in [6.45, 7) is 0.488. The number of amides is 1. The van der Waals surface area contributed by atoms with Crippen LogP contribution in [0, 0.1) is 5.82 Å². The summed E-state index contributed by atoms with van der Waals surface area (Å²) >= 11 is 0. The molecule has 4 nitrogen and oxygen atoms in total. The molecule has 0 aromatic heterocycles. The van der Waals surface area contributed by atoms with Crippen LogP contribution in [0.4, 0.5) is 9.18 Å². The van der Waals surface area contributed by atoms with E-state index in [1.807, 2.05) is 24.3 Å².